The van der Waals surface area contributed by atoms with Gasteiger partial charge in [-0.3, -0.25) is 9.69 Å². The summed E-state index contributed by atoms with van der Waals surface area (Å²) in [6, 6.07) is 7.16. The van der Waals surface area contributed by atoms with Gasteiger partial charge in [-0.15, -0.1) is 10.2 Å². The molecule has 4 aliphatic heterocycles. The summed E-state index contributed by atoms with van der Waals surface area (Å²) < 4.78 is 57.4. The quantitative estimate of drug-likeness (QED) is 0.390. The van der Waals surface area contributed by atoms with Gasteiger partial charge in [0.05, 0.1) is 37.6 Å². The molecular weight excluding hydrogens is 585 g/mol. The monoisotopic (exact) mass is 624 g/mol. The van der Waals surface area contributed by atoms with E-state index in [4.69, 9.17) is 9.47 Å². The molecule has 0 unspecified atom stereocenters. The number of carbonyl (C=O) groups excluding carboxylic acids is 1. The summed E-state index contributed by atoms with van der Waals surface area (Å²) in [7, 11) is 3.96. The van der Waals surface area contributed by atoms with Gasteiger partial charge < -0.3 is 23.8 Å². The Morgan fingerprint density at radius 3 is 2.58 bits per heavy atom. The van der Waals surface area contributed by atoms with Crippen molar-refractivity contribution in [2.24, 2.45) is 13.0 Å². The van der Waals surface area contributed by atoms with Crippen LogP contribution in [0.4, 0.5) is 18.9 Å². The number of benzene rings is 2. The van der Waals surface area contributed by atoms with Crippen molar-refractivity contribution in [2.45, 2.75) is 57.4 Å². The van der Waals surface area contributed by atoms with Crippen LogP contribution < -0.4 is 9.64 Å². The lowest BCUT2D eigenvalue weighted by molar-refractivity contribution is -0.138. The number of fused-ring (bicyclic) bond motifs is 2. The van der Waals surface area contributed by atoms with Gasteiger partial charge in [0.25, 0.3) is 5.91 Å². The predicted molar refractivity (Wildman–Crippen MR) is 161 cm³/mol. The van der Waals surface area contributed by atoms with E-state index in [9.17, 15) is 18.0 Å². The third kappa shape index (κ3) is 5.30. The predicted octanol–water partition coefficient (Wildman–Crippen LogP) is 4.21. The normalized spacial score (nSPS) is 21.6. The number of nitrogens with zero attached hydrogens (tertiary/aromatic N) is 6. The second-order valence-electron chi connectivity index (χ2n) is 13.5. The van der Waals surface area contributed by atoms with Crippen LogP contribution in [0.15, 0.2) is 30.6 Å². The van der Waals surface area contributed by atoms with Crippen LogP contribution in [-0.2, 0) is 49.3 Å². The van der Waals surface area contributed by atoms with Gasteiger partial charge in [0, 0.05) is 63.1 Å². The number of amides is 1. The summed E-state index contributed by atoms with van der Waals surface area (Å²) in [5, 5.41) is 8.30. The molecule has 2 aromatic carbocycles. The zero-order valence-corrected chi connectivity index (χ0v) is 26.2. The minimum Gasteiger partial charge on any atom is -0.491 e. The Morgan fingerprint density at radius 2 is 1.91 bits per heavy atom. The van der Waals surface area contributed by atoms with Crippen LogP contribution >= 0.6 is 0 Å². The lowest BCUT2D eigenvalue weighted by Gasteiger charge is -2.42. The fourth-order valence-electron chi connectivity index (χ4n) is 7.34. The first-order valence-corrected chi connectivity index (χ1v) is 15.6. The molecule has 7 rings (SSSR count). The Bertz CT molecular complexity index is 1630. The van der Waals surface area contributed by atoms with Gasteiger partial charge in [-0.25, -0.2) is 0 Å². The lowest BCUT2D eigenvalue weighted by Crippen LogP contribution is -2.53. The average Bonchev–Trinajstić information content (AvgIpc) is 3.69. The molecule has 9 nitrogen and oxygen atoms in total. The number of carbonyl (C=O) groups is 1. The summed E-state index contributed by atoms with van der Waals surface area (Å²) in [5.74, 6) is 1.29. The topological polar surface area (TPSA) is 76.0 Å². The largest absolute Gasteiger partial charge is 0.491 e. The van der Waals surface area contributed by atoms with E-state index in [2.05, 4.69) is 47.0 Å². The van der Waals surface area contributed by atoms with Crippen LogP contribution in [0.2, 0.25) is 0 Å². The van der Waals surface area contributed by atoms with E-state index in [-0.39, 0.29) is 29.1 Å². The Balaban J connectivity index is 1.25. The summed E-state index contributed by atoms with van der Waals surface area (Å²) in [6.45, 7) is 8.33. The molecule has 0 bridgehead atoms. The molecule has 1 atom stereocenters. The number of anilines is 1. The molecule has 0 aliphatic carbocycles. The molecule has 45 heavy (non-hydrogen) atoms. The first kappa shape index (κ1) is 30.2. The number of rotatable bonds is 7. The van der Waals surface area contributed by atoms with E-state index in [0.717, 1.165) is 36.6 Å². The minimum atomic E-state index is -4.60. The molecule has 2 saturated heterocycles. The van der Waals surface area contributed by atoms with Crippen LogP contribution in [0.3, 0.4) is 0 Å². The number of aromatic nitrogens is 3. The van der Waals surface area contributed by atoms with Gasteiger partial charge in [-0.2, -0.15) is 13.2 Å². The Kier molecular flexibility index (Phi) is 7.44. The van der Waals surface area contributed by atoms with Crippen molar-refractivity contribution in [3.63, 3.8) is 0 Å². The van der Waals surface area contributed by atoms with Crippen LogP contribution in [0, 0.1) is 5.92 Å². The standard InChI is InChI=1S/C33H39F3N6O3/c1-20(2)28-16-39(3)6-7-41(28)14-21-9-24-25(26(10-21)33(34,35)36)15-42(31(24)43)27-12-23(11-22-5-8-45-30(22)27)32(17-44-18-32)13-29-38-37-19-40(29)4/h9-12,19-20,28H,5-8,13-18H2,1-4H3/t28-/m1/s1. The van der Waals surface area contributed by atoms with Crippen LogP contribution in [0.1, 0.15) is 57.8 Å². The van der Waals surface area contributed by atoms with Gasteiger partial charge in [0.15, 0.2) is 0 Å². The van der Waals surface area contributed by atoms with Gasteiger partial charge in [-0.1, -0.05) is 19.9 Å². The Hall–Kier alpha value is -3.48. The molecule has 12 heteroatoms. The van der Waals surface area contributed by atoms with Crippen LogP contribution in [0.25, 0.3) is 0 Å². The molecule has 240 valence electrons. The van der Waals surface area contributed by atoms with Crippen LogP contribution in [-0.4, -0.2) is 83.0 Å². The molecule has 1 aromatic heterocycles. The summed E-state index contributed by atoms with van der Waals surface area (Å²) in [5.41, 5.74) is 1.95. The van der Waals surface area contributed by atoms with Gasteiger partial charge in [0.2, 0.25) is 0 Å². The van der Waals surface area contributed by atoms with Crippen molar-refractivity contribution in [3.05, 3.63) is 69.8 Å². The van der Waals surface area contributed by atoms with Gasteiger partial charge in [0.1, 0.15) is 17.9 Å². The smallest absolute Gasteiger partial charge is 0.416 e. The number of aryl methyl sites for hydroxylation is 1. The van der Waals surface area contributed by atoms with E-state index >= 15 is 0 Å². The third-order valence-electron chi connectivity index (χ3n) is 10.0. The highest BCUT2D eigenvalue weighted by molar-refractivity contribution is 6.11. The second-order valence-corrected chi connectivity index (χ2v) is 13.5. The fourth-order valence-corrected chi connectivity index (χ4v) is 7.34. The molecule has 2 fully saturated rings. The molecule has 3 aromatic rings. The molecule has 0 N–H and O–H groups in total. The van der Waals surface area contributed by atoms with Crippen molar-refractivity contribution < 1.29 is 27.4 Å². The maximum atomic E-state index is 14.6. The summed E-state index contributed by atoms with van der Waals surface area (Å²) in [4.78, 5) is 20.1. The van der Waals surface area contributed by atoms with E-state index < -0.39 is 17.6 Å². The number of hydrogen-bond acceptors (Lipinski definition) is 7. The third-order valence-corrected chi connectivity index (χ3v) is 10.0. The van der Waals surface area contributed by atoms with Gasteiger partial charge >= 0.3 is 6.18 Å². The number of halogens is 3. The van der Waals surface area contributed by atoms with Crippen molar-refractivity contribution in [3.8, 4) is 5.75 Å². The SMILES string of the molecule is CC(C)[C@H]1CN(C)CCN1Cc1cc2c(c(C(F)(F)F)c1)CN(c1cc(C3(Cc4nncn4C)COC3)cc3c1OCC3)C2=O. The number of piperazine rings is 1. The second kappa shape index (κ2) is 11.1. The lowest BCUT2D eigenvalue weighted by atomic mass is 9.74. The number of alkyl halides is 3. The van der Waals surface area contributed by atoms with Crippen LogP contribution in [0.5, 0.6) is 5.75 Å². The average molecular weight is 625 g/mol. The van der Waals surface area contributed by atoms with E-state index in [0.29, 0.717) is 62.1 Å². The van der Waals surface area contributed by atoms with Crippen molar-refractivity contribution in [2.75, 3.05) is 51.4 Å². The highest BCUT2D eigenvalue weighted by Gasteiger charge is 2.45. The minimum absolute atomic E-state index is 0.0213. The molecule has 1 amide bonds. The maximum Gasteiger partial charge on any atom is 0.416 e. The summed E-state index contributed by atoms with van der Waals surface area (Å²) >= 11 is 0. The molecule has 5 heterocycles. The number of hydrogen-bond donors (Lipinski definition) is 0. The highest BCUT2D eigenvalue weighted by Crippen LogP contribution is 2.47. The maximum absolute atomic E-state index is 14.6. The van der Waals surface area contributed by atoms with Crippen molar-refractivity contribution in [1.82, 2.24) is 24.6 Å². The van der Waals surface area contributed by atoms with Gasteiger partial charge in [-0.05, 0) is 53.4 Å². The molecule has 0 radical (unpaired) electrons. The van der Waals surface area contributed by atoms with E-state index in [1.54, 1.807) is 12.4 Å². The molecule has 4 aliphatic rings. The Labute approximate surface area is 260 Å². The molecular formula is C33H39F3N6O3. The fraction of sp³-hybridized carbons (Fsp3) is 0.545. The first-order valence-electron chi connectivity index (χ1n) is 15.6. The van der Waals surface area contributed by atoms with Crippen molar-refractivity contribution in [1.29, 1.82) is 0 Å². The van der Waals surface area contributed by atoms with E-state index in [1.807, 2.05) is 17.7 Å². The van der Waals surface area contributed by atoms with Crippen molar-refractivity contribution >= 4 is 11.6 Å². The molecule has 0 spiro atoms. The number of ether oxygens (including phenoxy) is 2. The molecule has 0 saturated carbocycles. The zero-order chi connectivity index (χ0) is 31.7. The van der Waals surface area contributed by atoms with E-state index in [1.165, 1.54) is 11.0 Å². The first-order chi connectivity index (χ1) is 21.4. The highest BCUT2D eigenvalue weighted by atomic mass is 19.4. The Morgan fingerprint density at radius 1 is 1.11 bits per heavy atom. The zero-order valence-electron chi connectivity index (χ0n) is 26.2. The number of likely N-dealkylation sites (N-methyl/N-ethyl adjacent to an activating group) is 1. The summed E-state index contributed by atoms with van der Waals surface area (Å²) in [6.07, 6.45) is -1.70.